The number of nitrogens with one attached hydrogen (secondary N) is 1. The summed E-state index contributed by atoms with van der Waals surface area (Å²) in [5.41, 5.74) is 0.784. The molecule has 0 unspecified atom stereocenters. The number of likely N-dealkylation sites (tertiary alicyclic amines) is 1. The van der Waals surface area contributed by atoms with E-state index in [1.807, 2.05) is 0 Å². The Bertz CT molecular complexity index is 199. The fourth-order valence-electron chi connectivity index (χ4n) is 3.54. The second kappa shape index (κ2) is 6.75. The summed E-state index contributed by atoms with van der Waals surface area (Å²) in [6.07, 6.45) is 11.6. The van der Waals surface area contributed by atoms with Gasteiger partial charge in [-0.1, -0.05) is 26.2 Å². The van der Waals surface area contributed by atoms with Crippen LogP contribution >= 0.6 is 0 Å². The number of nitrogens with zero attached hydrogens (tertiary/aromatic N) is 1. The maximum atomic E-state index is 3.55. The van der Waals surface area contributed by atoms with Crippen molar-refractivity contribution >= 4 is 0 Å². The maximum absolute atomic E-state index is 3.55. The number of hydrogen-bond acceptors (Lipinski definition) is 2. The molecule has 0 atom stereocenters. The van der Waals surface area contributed by atoms with Gasteiger partial charge < -0.3 is 10.2 Å². The highest BCUT2D eigenvalue weighted by Crippen LogP contribution is 2.45. The lowest BCUT2D eigenvalue weighted by atomic mass is 9.77. The summed E-state index contributed by atoms with van der Waals surface area (Å²) in [4.78, 5) is 2.67. The van der Waals surface area contributed by atoms with E-state index in [-0.39, 0.29) is 0 Å². The van der Waals surface area contributed by atoms with Crippen molar-refractivity contribution < 1.29 is 0 Å². The molecule has 100 valence electrons. The van der Waals surface area contributed by atoms with Crippen LogP contribution in [0, 0.1) is 5.41 Å². The molecule has 1 spiro atoms. The van der Waals surface area contributed by atoms with E-state index in [2.05, 4.69) is 17.1 Å². The van der Waals surface area contributed by atoms with Crippen molar-refractivity contribution in [1.29, 1.82) is 0 Å². The van der Waals surface area contributed by atoms with Gasteiger partial charge in [-0.3, -0.25) is 0 Å². The lowest BCUT2D eigenvalue weighted by Crippen LogP contribution is -2.41. The molecule has 0 bridgehead atoms. The topological polar surface area (TPSA) is 15.3 Å². The zero-order valence-electron chi connectivity index (χ0n) is 11.6. The Hall–Kier alpha value is -0.0800. The predicted molar refractivity (Wildman–Crippen MR) is 74.4 cm³/mol. The smallest absolute Gasteiger partial charge is 0.0107 e. The van der Waals surface area contributed by atoms with E-state index in [1.165, 1.54) is 84.1 Å². The summed E-state index contributed by atoms with van der Waals surface area (Å²) < 4.78 is 0. The first-order valence-electron chi connectivity index (χ1n) is 7.78. The molecule has 1 saturated carbocycles. The van der Waals surface area contributed by atoms with Crippen LogP contribution in [0.2, 0.25) is 0 Å². The molecule has 0 radical (unpaired) electrons. The van der Waals surface area contributed by atoms with Gasteiger partial charge in [0.2, 0.25) is 0 Å². The van der Waals surface area contributed by atoms with Crippen molar-refractivity contribution in [3.63, 3.8) is 0 Å². The summed E-state index contributed by atoms with van der Waals surface area (Å²) in [6, 6.07) is 0. The Balaban J connectivity index is 1.56. The molecule has 1 aliphatic carbocycles. The van der Waals surface area contributed by atoms with E-state index in [4.69, 9.17) is 0 Å². The van der Waals surface area contributed by atoms with Crippen molar-refractivity contribution in [3.8, 4) is 0 Å². The van der Waals surface area contributed by atoms with Crippen LogP contribution in [0.4, 0.5) is 0 Å². The molecular formula is C15H30N2. The average Bonchev–Trinajstić information content (AvgIpc) is 2.80. The molecule has 1 heterocycles. The van der Waals surface area contributed by atoms with Gasteiger partial charge in [0.1, 0.15) is 0 Å². The van der Waals surface area contributed by atoms with Crippen LogP contribution < -0.4 is 5.32 Å². The van der Waals surface area contributed by atoms with Crippen LogP contribution in [0.1, 0.15) is 58.3 Å². The van der Waals surface area contributed by atoms with E-state index in [9.17, 15) is 0 Å². The molecule has 2 rings (SSSR count). The predicted octanol–water partition coefficient (Wildman–Crippen LogP) is 3.03. The van der Waals surface area contributed by atoms with E-state index in [1.54, 1.807) is 0 Å². The normalized spacial score (nSPS) is 24.5. The molecule has 0 aromatic carbocycles. The monoisotopic (exact) mass is 238 g/mol. The van der Waals surface area contributed by atoms with Crippen LogP contribution in [0.15, 0.2) is 0 Å². The molecular weight excluding hydrogens is 208 g/mol. The molecule has 2 aliphatic rings. The molecule has 0 aromatic rings. The fraction of sp³-hybridized carbons (Fsp3) is 1.00. The first-order chi connectivity index (χ1) is 8.35. The summed E-state index contributed by atoms with van der Waals surface area (Å²) in [5, 5.41) is 3.55. The van der Waals surface area contributed by atoms with Gasteiger partial charge in [0.15, 0.2) is 0 Å². The van der Waals surface area contributed by atoms with Gasteiger partial charge in [0.25, 0.3) is 0 Å². The Kier molecular flexibility index (Phi) is 5.30. The zero-order valence-corrected chi connectivity index (χ0v) is 11.6. The highest BCUT2D eigenvalue weighted by molar-refractivity contribution is 4.89. The quantitative estimate of drug-likeness (QED) is 0.716. The minimum atomic E-state index is 0.784. The molecule has 17 heavy (non-hydrogen) atoms. The molecule has 2 nitrogen and oxygen atoms in total. The van der Waals surface area contributed by atoms with Crippen LogP contribution in [0.5, 0.6) is 0 Å². The summed E-state index contributed by atoms with van der Waals surface area (Å²) >= 11 is 0. The Morgan fingerprint density at radius 1 is 1.00 bits per heavy atom. The highest BCUT2D eigenvalue weighted by Gasteiger charge is 2.36. The van der Waals surface area contributed by atoms with Gasteiger partial charge in [-0.05, 0) is 57.2 Å². The van der Waals surface area contributed by atoms with Crippen molar-refractivity contribution in [2.75, 3.05) is 32.7 Å². The molecule has 0 amide bonds. The fourth-order valence-corrected chi connectivity index (χ4v) is 3.54. The van der Waals surface area contributed by atoms with Crippen molar-refractivity contribution in [3.05, 3.63) is 0 Å². The largest absolute Gasteiger partial charge is 0.315 e. The number of hydrogen-bond donors (Lipinski definition) is 1. The summed E-state index contributed by atoms with van der Waals surface area (Å²) in [5.74, 6) is 0. The van der Waals surface area contributed by atoms with E-state index < -0.39 is 0 Å². The molecule has 1 N–H and O–H groups in total. The molecule has 1 saturated heterocycles. The Morgan fingerprint density at radius 3 is 2.35 bits per heavy atom. The van der Waals surface area contributed by atoms with Gasteiger partial charge in [-0.15, -0.1) is 0 Å². The second-order valence-corrected chi connectivity index (χ2v) is 6.15. The summed E-state index contributed by atoms with van der Waals surface area (Å²) in [7, 11) is 0. The van der Waals surface area contributed by atoms with Gasteiger partial charge >= 0.3 is 0 Å². The lowest BCUT2D eigenvalue weighted by Gasteiger charge is -2.39. The third-order valence-electron chi connectivity index (χ3n) is 4.89. The van der Waals surface area contributed by atoms with Crippen molar-refractivity contribution in [2.45, 2.75) is 58.3 Å². The van der Waals surface area contributed by atoms with Gasteiger partial charge in [0, 0.05) is 13.1 Å². The first-order valence-corrected chi connectivity index (χ1v) is 7.78. The van der Waals surface area contributed by atoms with Crippen molar-refractivity contribution in [1.82, 2.24) is 10.2 Å². The van der Waals surface area contributed by atoms with Crippen LogP contribution in [0.3, 0.4) is 0 Å². The first kappa shape index (κ1) is 13.4. The highest BCUT2D eigenvalue weighted by atomic mass is 15.1. The van der Waals surface area contributed by atoms with Gasteiger partial charge in [0.05, 0.1) is 0 Å². The third kappa shape index (κ3) is 3.96. The zero-order chi connectivity index (χ0) is 12.0. The van der Waals surface area contributed by atoms with E-state index in [0.717, 1.165) is 5.41 Å². The summed E-state index contributed by atoms with van der Waals surface area (Å²) in [6.45, 7) is 8.62. The van der Waals surface area contributed by atoms with Crippen LogP contribution in [-0.4, -0.2) is 37.6 Å². The van der Waals surface area contributed by atoms with Gasteiger partial charge in [-0.25, -0.2) is 0 Å². The third-order valence-corrected chi connectivity index (χ3v) is 4.89. The SMILES string of the molecule is CCCCNCCN1CCC2(CCCC2)CC1. The molecule has 1 aliphatic heterocycles. The number of unbranched alkanes of at least 4 members (excludes halogenated alkanes) is 1. The Morgan fingerprint density at radius 2 is 1.71 bits per heavy atom. The number of piperidine rings is 1. The minimum Gasteiger partial charge on any atom is -0.315 e. The minimum absolute atomic E-state index is 0.784. The van der Waals surface area contributed by atoms with Crippen LogP contribution in [-0.2, 0) is 0 Å². The standard InChI is InChI=1S/C15H30N2/c1-2-3-10-16-11-14-17-12-8-15(9-13-17)6-4-5-7-15/h16H,2-14H2,1H3. The lowest BCUT2D eigenvalue weighted by molar-refractivity contribution is 0.109. The second-order valence-electron chi connectivity index (χ2n) is 6.15. The van der Waals surface area contributed by atoms with E-state index in [0.29, 0.717) is 0 Å². The molecule has 0 aromatic heterocycles. The molecule has 2 heteroatoms. The number of rotatable bonds is 6. The van der Waals surface area contributed by atoms with Crippen molar-refractivity contribution in [2.24, 2.45) is 5.41 Å². The Labute approximate surface area is 107 Å². The van der Waals surface area contributed by atoms with E-state index >= 15 is 0 Å². The molecule has 2 fully saturated rings. The van der Waals surface area contributed by atoms with Crippen LogP contribution in [0.25, 0.3) is 0 Å². The average molecular weight is 238 g/mol. The van der Waals surface area contributed by atoms with Gasteiger partial charge in [-0.2, -0.15) is 0 Å². The maximum Gasteiger partial charge on any atom is 0.0107 e.